The Morgan fingerprint density at radius 1 is 1.12 bits per heavy atom. The molecule has 3 nitrogen and oxygen atoms in total. The van der Waals surface area contributed by atoms with Gasteiger partial charge in [-0.15, -0.1) is 0 Å². The van der Waals surface area contributed by atoms with Crippen molar-refractivity contribution in [3.63, 3.8) is 0 Å². The van der Waals surface area contributed by atoms with Gasteiger partial charge in [-0.1, -0.05) is 25.3 Å². The van der Waals surface area contributed by atoms with Crippen LogP contribution in [0.4, 0.5) is 11.4 Å². The molecule has 0 saturated heterocycles. The van der Waals surface area contributed by atoms with Gasteiger partial charge in [-0.3, -0.25) is 4.79 Å². The van der Waals surface area contributed by atoms with Crippen LogP contribution in [0, 0.1) is 6.92 Å². The molecule has 17 heavy (non-hydrogen) atoms. The predicted octanol–water partition coefficient (Wildman–Crippen LogP) is 3.06. The summed E-state index contributed by atoms with van der Waals surface area (Å²) < 4.78 is 0. The zero-order valence-electron chi connectivity index (χ0n) is 10.2. The molecule has 1 fully saturated rings. The second-order valence-corrected chi connectivity index (χ2v) is 5.27. The van der Waals surface area contributed by atoms with Gasteiger partial charge in [0.1, 0.15) is 5.54 Å². The van der Waals surface area contributed by atoms with Crippen molar-refractivity contribution in [2.75, 3.05) is 10.6 Å². The van der Waals surface area contributed by atoms with E-state index in [2.05, 4.69) is 22.8 Å². The summed E-state index contributed by atoms with van der Waals surface area (Å²) in [6.07, 6.45) is 5.43. The Morgan fingerprint density at radius 2 is 1.88 bits per heavy atom. The molecule has 2 N–H and O–H groups in total. The topological polar surface area (TPSA) is 41.1 Å². The summed E-state index contributed by atoms with van der Waals surface area (Å²) in [5.74, 6) is 0.148. The molecule has 0 atom stereocenters. The summed E-state index contributed by atoms with van der Waals surface area (Å²) in [4.78, 5) is 12.3. The van der Waals surface area contributed by atoms with Gasteiger partial charge in [0.15, 0.2) is 0 Å². The van der Waals surface area contributed by atoms with E-state index >= 15 is 0 Å². The maximum atomic E-state index is 12.3. The van der Waals surface area contributed by atoms with Crippen molar-refractivity contribution in [3.05, 3.63) is 23.8 Å². The third kappa shape index (κ3) is 1.70. The summed E-state index contributed by atoms with van der Waals surface area (Å²) in [6.45, 7) is 2.04. The number of hydrogen-bond acceptors (Lipinski definition) is 2. The lowest BCUT2D eigenvalue weighted by Crippen LogP contribution is -2.53. The fraction of sp³-hybridized carbons (Fsp3) is 0.500. The Kier molecular flexibility index (Phi) is 2.35. The number of aryl methyl sites for hydroxylation is 1. The highest BCUT2D eigenvalue weighted by Crippen LogP contribution is 2.39. The van der Waals surface area contributed by atoms with Crippen molar-refractivity contribution in [1.82, 2.24) is 0 Å². The van der Waals surface area contributed by atoms with Crippen molar-refractivity contribution >= 4 is 17.3 Å². The predicted molar refractivity (Wildman–Crippen MR) is 69.2 cm³/mol. The van der Waals surface area contributed by atoms with Gasteiger partial charge < -0.3 is 10.6 Å². The molecule has 1 heterocycles. The molecule has 0 radical (unpaired) electrons. The van der Waals surface area contributed by atoms with Gasteiger partial charge in [0.25, 0.3) is 0 Å². The molecule has 2 aliphatic rings. The van der Waals surface area contributed by atoms with Gasteiger partial charge in [-0.2, -0.15) is 0 Å². The van der Waals surface area contributed by atoms with Crippen LogP contribution in [0.25, 0.3) is 0 Å². The van der Waals surface area contributed by atoms with E-state index in [1.807, 2.05) is 13.0 Å². The molecule has 1 aromatic carbocycles. The number of amides is 1. The fourth-order valence-electron chi connectivity index (χ4n) is 2.93. The van der Waals surface area contributed by atoms with Gasteiger partial charge in [0.05, 0.1) is 11.4 Å². The molecule has 90 valence electrons. The molecule has 3 rings (SSSR count). The Labute approximate surface area is 102 Å². The number of benzene rings is 1. The van der Waals surface area contributed by atoms with Crippen molar-refractivity contribution in [1.29, 1.82) is 0 Å². The normalized spacial score (nSPS) is 21.6. The summed E-state index contributed by atoms with van der Waals surface area (Å²) in [5.41, 5.74) is 2.81. The zero-order valence-corrected chi connectivity index (χ0v) is 10.2. The van der Waals surface area contributed by atoms with Crippen LogP contribution in [0.2, 0.25) is 0 Å². The number of carbonyl (C=O) groups is 1. The van der Waals surface area contributed by atoms with Crippen LogP contribution in [-0.2, 0) is 4.79 Å². The fourth-order valence-corrected chi connectivity index (χ4v) is 2.93. The second kappa shape index (κ2) is 3.76. The van der Waals surface area contributed by atoms with Gasteiger partial charge in [-0.05, 0) is 37.5 Å². The molecule has 1 aliphatic heterocycles. The summed E-state index contributed by atoms with van der Waals surface area (Å²) in [5, 5.41) is 6.54. The average molecular weight is 230 g/mol. The van der Waals surface area contributed by atoms with Crippen LogP contribution >= 0.6 is 0 Å². The Hall–Kier alpha value is -1.51. The third-order valence-electron chi connectivity index (χ3n) is 3.94. The Bertz CT molecular complexity index is 461. The van der Waals surface area contributed by atoms with Crippen molar-refractivity contribution in [3.8, 4) is 0 Å². The smallest absolute Gasteiger partial charge is 0.250 e. The molecule has 0 bridgehead atoms. The van der Waals surface area contributed by atoms with E-state index < -0.39 is 0 Å². The largest absolute Gasteiger partial charge is 0.370 e. The van der Waals surface area contributed by atoms with Gasteiger partial charge in [0.2, 0.25) is 5.91 Å². The van der Waals surface area contributed by atoms with E-state index in [0.717, 1.165) is 37.1 Å². The van der Waals surface area contributed by atoms with Crippen LogP contribution in [0.5, 0.6) is 0 Å². The van der Waals surface area contributed by atoms with E-state index in [0.29, 0.717) is 0 Å². The molecule has 1 aromatic rings. The summed E-state index contributed by atoms with van der Waals surface area (Å²) >= 11 is 0. The maximum Gasteiger partial charge on any atom is 0.250 e. The first-order valence-electron chi connectivity index (χ1n) is 6.40. The minimum Gasteiger partial charge on any atom is -0.370 e. The first-order chi connectivity index (χ1) is 8.20. The first kappa shape index (κ1) is 10.6. The standard InChI is InChI=1S/C14H18N2O/c1-10-5-6-11-12(9-10)15-13(17)14(16-11)7-3-2-4-8-14/h5-6,9,16H,2-4,7-8H2,1H3,(H,15,17). The number of carbonyl (C=O) groups excluding carboxylic acids is 1. The maximum absolute atomic E-state index is 12.3. The Morgan fingerprint density at radius 3 is 2.65 bits per heavy atom. The van der Waals surface area contributed by atoms with Gasteiger partial charge in [0, 0.05) is 0 Å². The highest BCUT2D eigenvalue weighted by atomic mass is 16.2. The van der Waals surface area contributed by atoms with E-state index in [1.165, 1.54) is 12.0 Å². The highest BCUT2D eigenvalue weighted by molar-refractivity contribution is 6.06. The number of nitrogens with one attached hydrogen (secondary N) is 2. The van der Waals surface area contributed by atoms with Crippen LogP contribution < -0.4 is 10.6 Å². The van der Waals surface area contributed by atoms with Crippen LogP contribution in [0.1, 0.15) is 37.7 Å². The monoisotopic (exact) mass is 230 g/mol. The lowest BCUT2D eigenvalue weighted by atomic mass is 9.79. The molecule has 1 aliphatic carbocycles. The average Bonchev–Trinajstić information content (AvgIpc) is 2.33. The quantitative estimate of drug-likeness (QED) is 0.719. The minimum absolute atomic E-state index is 0.148. The lowest BCUT2D eigenvalue weighted by Gasteiger charge is -2.41. The molecule has 1 spiro atoms. The molecule has 0 unspecified atom stereocenters. The number of hydrogen-bond donors (Lipinski definition) is 2. The van der Waals surface area contributed by atoms with Crippen LogP contribution in [0.3, 0.4) is 0 Å². The Balaban J connectivity index is 1.97. The summed E-state index contributed by atoms with van der Waals surface area (Å²) in [6, 6.07) is 6.18. The molecular weight excluding hydrogens is 212 g/mol. The van der Waals surface area contributed by atoms with Crippen molar-refractivity contribution < 1.29 is 4.79 Å². The van der Waals surface area contributed by atoms with E-state index in [4.69, 9.17) is 0 Å². The number of rotatable bonds is 0. The van der Waals surface area contributed by atoms with Crippen molar-refractivity contribution in [2.24, 2.45) is 0 Å². The summed E-state index contributed by atoms with van der Waals surface area (Å²) in [7, 11) is 0. The highest BCUT2D eigenvalue weighted by Gasteiger charge is 2.42. The lowest BCUT2D eigenvalue weighted by molar-refractivity contribution is -0.121. The first-order valence-corrected chi connectivity index (χ1v) is 6.40. The molecule has 1 saturated carbocycles. The number of fused-ring (bicyclic) bond motifs is 1. The van der Waals surface area contributed by atoms with E-state index in [1.54, 1.807) is 0 Å². The molecule has 1 amide bonds. The van der Waals surface area contributed by atoms with E-state index in [-0.39, 0.29) is 11.4 Å². The van der Waals surface area contributed by atoms with Crippen LogP contribution in [-0.4, -0.2) is 11.4 Å². The van der Waals surface area contributed by atoms with Gasteiger partial charge in [-0.25, -0.2) is 0 Å². The second-order valence-electron chi connectivity index (χ2n) is 5.27. The molecular formula is C14H18N2O. The third-order valence-corrected chi connectivity index (χ3v) is 3.94. The van der Waals surface area contributed by atoms with Gasteiger partial charge >= 0.3 is 0 Å². The van der Waals surface area contributed by atoms with E-state index in [9.17, 15) is 4.79 Å². The zero-order chi connectivity index (χ0) is 11.9. The molecule has 3 heteroatoms. The number of anilines is 2. The minimum atomic E-state index is -0.347. The molecule has 0 aromatic heterocycles. The van der Waals surface area contributed by atoms with Crippen molar-refractivity contribution in [2.45, 2.75) is 44.6 Å². The van der Waals surface area contributed by atoms with Crippen LogP contribution in [0.15, 0.2) is 18.2 Å². The SMILES string of the molecule is Cc1ccc2c(c1)NC(=O)C1(CCCCC1)N2.